The Bertz CT molecular complexity index is 1410. The number of fused-ring (bicyclic) bond motifs is 1. The van der Waals surface area contributed by atoms with E-state index in [1.54, 1.807) is 23.6 Å². The van der Waals surface area contributed by atoms with Crippen LogP contribution in [0.3, 0.4) is 0 Å². The summed E-state index contributed by atoms with van der Waals surface area (Å²) < 4.78 is 22.5. The highest BCUT2D eigenvalue weighted by atomic mass is 32.1. The van der Waals surface area contributed by atoms with E-state index in [0.29, 0.717) is 52.1 Å². The average Bonchev–Trinajstić information content (AvgIpc) is 3.45. The molecule has 0 aliphatic heterocycles. The van der Waals surface area contributed by atoms with Crippen molar-refractivity contribution in [2.75, 3.05) is 89.9 Å². The maximum absolute atomic E-state index is 11.9. The number of aromatic nitrogens is 2. The van der Waals surface area contributed by atoms with Gasteiger partial charge in [0.05, 0.1) is 76.2 Å². The summed E-state index contributed by atoms with van der Waals surface area (Å²) in [5, 5.41) is 19.3. The summed E-state index contributed by atoms with van der Waals surface area (Å²) in [5.74, 6) is 0.333. The number of ether oxygens (including phenoxy) is 4. The van der Waals surface area contributed by atoms with Gasteiger partial charge in [0.15, 0.2) is 0 Å². The van der Waals surface area contributed by atoms with Crippen molar-refractivity contribution in [1.29, 1.82) is 0 Å². The van der Waals surface area contributed by atoms with Crippen molar-refractivity contribution < 1.29 is 34.0 Å². The van der Waals surface area contributed by atoms with Gasteiger partial charge in [0, 0.05) is 37.1 Å². The first-order chi connectivity index (χ1) is 21.0. The number of hydrogen-bond donors (Lipinski definition) is 2. The zero-order valence-electron chi connectivity index (χ0n) is 24.5. The van der Waals surface area contributed by atoms with Crippen LogP contribution >= 0.6 is 11.3 Å². The SMILES string of the molecule is CN(C)c1ccc2nc(-c3ccc(-c4ccc(N(CCOCCOCCOCCOCCO)C(=O)O)nc4)cc3)sc2c1. The van der Waals surface area contributed by atoms with Crippen LogP contribution in [0, 0.1) is 0 Å². The van der Waals surface area contributed by atoms with Gasteiger partial charge in [-0.05, 0) is 35.9 Å². The zero-order valence-corrected chi connectivity index (χ0v) is 25.3. The molecule has 11 nitrogen and oxygen atoms in total. The summed E-state index contributed by atoms with van der Waals surface area (Å²) in [4.78, 5) is 24.3. The predicted molar refractivity (Wildman–Crippen MR) is 168 cm³/mol. The number of nitrogens with zero attached hydrogens (tertiary/aromatic N) is 4. The van der Waals surface area contributed by atoms with Crippen LogP contribution in [0.2, 0.25) is 0 Å². The third-order valence-electron chi connectivity index (χ3n) is 6.42. The van der Waals surface area contributed by atoms with E-state index in [-0.39, 0.29) is 19.8 Å². The fourth-order valence-corrected chi connectivity index (χ4v) is 5.13. The van der Waals surface area contributed by atoms with Crippen LogP contribution in [0.5, 0.6) is 0 Å². The molecule has 2 aromatic carbocycles. The molecule has 0 aliphatic rings. The maximum Gasteiger partial charge on any atom is 0.413 e. The zero-order chi connectivity index (χ0) is 30.4. The molecule has 43 heavy (non-hydrogen) atoms. The van der Waals surface area contributed by atoms with Gasteiger partial charge >= 0.3 is 6.09 Å². The topological polar surface area (TPSA) is 127 Å². The van der Waals surface area contributed by atoms with Gasteiger partial charge in [-0.15, -0.1) is 11.3 Å². The molecule has 0 unspecified atom stereocenters. The molecule has 1 amide bonds. The number of amides is 1. The van der Waals surface area contributed by atoms with Gasteiger partial charge in [-0.2, -0.15) is 0 Å². The number of aliphatic hydroxyl groups is 1. The molecule has 2 aromatic heterocycles. The lowest BCUT2D eigenvalue weighted by molar-refractivity contribution is -0.00487. The third kappa shape index (κ3) is 9.68. The molecule has 0 radical (unpaired) electrons. The Morgan fingerprint density at radius 1 is 0.791 bits per heavy atom. The molecule has 0 fully saturated rings. The van der Waals surface area contributed by atoms with Crippen LogP contribution < -0.4 is 9.80 Å². The van der Waals surface area contributed by atoms with Gasteiger partial charge in [0.1, 0.15) is 10.8 Å². The Balaban J connectivity index is 1.22. The Morgan fingerprint density at radius 2 is 1.40 bits per heavy atom. The van der Waals surface area contributed by atoms with Gasteiger partial charge in [0.2, 0.25) is 0 Å². The Hall–Kier alpha value is -3.65. The van der Waals surface area contributed by atoms with Crippen LogP contribution in [0.25, 0.3) is 31.9 Å². The molecule has 0 bridgehead atoms. The van der Waals surface area contributed by atoms with Crippen molar-refractivity contribution >= 4 is 39.2 Å². The number of rotatable bonds is 18. The molecule has 12 heteroatoms. The minimum Gasteiger partial charge on any atom is -0.465 e. The second kappa shape index (κ2) is 16.8. The normalized spacial score (nSPS) is 11.2. The number of benzene rings is 2. The summed E-state index contributed by atoms with van der Waals surface area (Å²) in [5.41, 5.74) is 5.03. The first-order valence-electron chi connectivity index (χ1n) is 14.0. The van der Waals surface area contributed by atoms with Crippen molar-refractivity contribution in [3.8, 4) is 21.7 Å². The van der Waals surface area contributed by atoms with Crippen LogP contribution in [0.4, 0.5) is 16.3 Å². The molecule has 0 aliphatic carbocycles. The summed E-state index contributed by atoms with van der Waals surface area (Å²) in [6, 6.07) is 18.0. The molecule has 0 atom stereocenters. The van der Waals surface area contributed by atoms with Gasteiger partial charge in [0.25, 0.3) is 0 Å². The lowest BCUT2D eigenvalue weighted by atomic mass is 10.1. The number of anilines is 2. The summed E-state index contributed by atoms with van der Waals surface area (Å²) >= 11 is 1.67. The lowest BCUT2D eigenvalue weighted by Gasteiger charge is -2.18. The first-order valence-corrected chi connectivity index (χ1v) is 14.8. The third-order valence-corrected chi connectivity index (χ3v) is 7.49. The highest BCUT2D eigenvalue weighted by Gasteiger charge is 2.16. The molecular formula is C31H38N4O7S. The molecule has 0 saturated carbocycles. The second-order valence-corrected chi connectivity index (χ2v) is 10.7. The number of hydrogen-bond acceptors (Lipinski definition) is 10. The van der Waals surface area contributed by atoms with Crippen molar-refractivity contribution in [1.82, 2.24) is 9.97 Å². The number of aliphatic hydroxyl groups excluding tert-OH is 1. The molecule has 0 spiro atoms. The number of carbonyl (C=O) groups is 1. The highest BCUT2D eigenvalue weighted by molar-refractivity contribution is 7.21. The van der Waals surface area contributed by atoms with Gasteiger partial charge in [-0.25, -0.2) is 14.8 Å². The average molecular weight is 611 g/mol. The summed E-state index contributed by atoms with van der Waals surface area (Å²) in [7, 11) is 4.05. The minimum atomic E-state index is -1.10. The molecule has 230 valence electrons. The van der Waals surface area contributed by atoms with E-state index >= 15 is 0 Å². The molecule has 2 heterocycles. The van der Waals surface area contributed by atoms with E-state index in [9.17, 15) is 9.90 Å². The van der Waals surface area contributed by atoms with Gasteiger partial charge in [-0.1, -0.05) is 24.3 Å². The van der Waals surface area contributed by atoms with Crippen molar-refractivity contribution in [3.05, 3.63) is 60.8 Å². The second-order valence-electron chi connectivity index (χ2n) is 9.66. The van der Waals surface area contributed by atoms with E-state index in [0.717, 1.165) is 42.5 Å². The fraction of sp³-hybridized carbons (Fsp3) is 0.387. The van der Waals surface area contributed by atoms with Crippen molar-refractivity contribution in [2.24, 2.45) is 0 Å². The predicted octanol–water partition coefficient (Wildman–Crippen LogP) is 4.63. The smallest absolute Gasteiger partial charge is 0.413 e. The number of pyridine rings is 1. The monoisotopic (exact) mass is 610 g/mol. The van der Waals surface area contributed by atoms with E-state index in [1.807, 2.05) is 50.5 Å². The maximum atomic E-state index is 11.9. The van der Waals surface area contributed by atoms with E-state index in [2.05, 4.69) is 22.0 Å². The fourth-order valence-electron chi connectivity index (χ4n) is 4.13. The molecule has 0 saturated heterocycles. The molecule has 4 rings (SSSR count). The molecule has 4 aromatic rings. The van der Waals surface area contributed by atoms with Gasteiger partial charge in [-0.3, -0.25) is 4.90 Å². The summed E-state index contributed by atoms with van der Waals surface area (Å²) in [6.45, 7) is 3.09. The number of carboxylic acid groups (broad SMARTS) is 1. The Kier molecular flexibility index (Phi) is 12.6. The highest BCUT2D eigenvalue weighted by Crippen LogP contribution is 2.33. The van der Waals surface area contributed by atoms with Crippen LogP contribution in [-0.2, 0) is 18.9 Å². The van der Waals surface area contributed by atoms with Gasteiger partial charge < -0.3 is 34.1 Å². The summed E-state index contributed by atoms with van der Waals surface area (Å²) in [6.07, 6.45) is 0.578. The Labute approximate surface area is 255 Å². The quantitative estimate of drug-likeness (QED) is 0.154. The van der Waals surface area contributed by atoms with Crippen molar-refractivity contribution in [3.63, 3.8) is 0 Å². The number of thiazole rings is 1. The van der Waals surface area contributed by atoms with Crippen LogP contribution in [0.15, 0.2) is 60.8 Å². The van der Waals surface area contributed by atoms with E-state index in [1.165, 1.54) is 0 Å². The largest absolute Gasteiger partial charge is 0.465 e. The Morgan fingerprint density at radius 3 is 1.98 bits per heavy atom. The van der Waals surface area contributed by atoms with E-state index in [4.69, 9.17) is 29.0 Å². The minimum absolute atomic E-state index is 0.00266. The molecular weight excluding hydrogens is 572 g/mol. The van der Waals surface area contributed by atoms with Crippen LogP contribution in [0.1, 0.15) is 0 Å². The lowest BCUT2D eigenvalue weighted by Crippen LogP contribution is -2.33. The molecule has 2 N–H and O–H groups in total. The van der Waals surface area contributed by atoms with Crippen LogP contribution in [-0.4, -0.2) is 106 Å². The van der Waals surface area contributed by atoms with Crippen molar-refractivity contribution in [2.45, 2.75) is 0 Å². The first kappa shape index (κ1) is 32.3. The van der Waals surface area contributed by atoms with E-state index < -0.39 is 6.09 Å². The standard InChI is InChI=1S/C31H38N4O7S/c1-34(2)26-8-9-27-28(21-26)43-30(33-27)24-5-3-23(4-6-24)25-7-10-29(32-22-25)35(31(37)38)11-13-39-15-17-41-19-20-42-18-16-40-14-12-36/h3-10,21-22,36H,11-20H2,1-2H3,(H,37,38).